The molecule has 1 rings (SSSR count). The van der Waals surface area contributed by atoms with Gasteiger partial charge in [0.15, 0.2) is 5.78 Å². The molecule has 0 atom stereocenters. The predicted octanol–water partition coefficient (Wildman–Crippen LogP) is 5.04. The van der Waals surface area contributed by atoms with Crippen LogP contribution < -0.4 is 0 Å². The van der Waals surface area contributed by atoms with E-state index < -0.39 is 11.7 Å². The van der Waals surface area contributed by atoms with Crippen LogP contribution in [-0.2, 0) is 9.53 Å². The zero-order valence-electron chi connectivity index (χ0n) is 16.0. The third-order valence-corrected chi connectivity index (χ3v) is 3.90. The van der Waals surface area contributed by atoms with Gasteiger partial charge in [-0.05, 0) is 45.6 Å². The molecule has 0 aromatic heterocycles. The van der Waals surface area contributed by atoms with Gasteiger partial charge in [-0.15, -0.1) is 0 Å². The molecule has 0 aromatic carbocycles. The van der Waals surface area contributed by atoms with Crippen molar-refractivity contribution in [2.45, 2.75) is 78.7 Å². The number of allylic oxidation sites excluding steroid dienone is 1. The Morgan fingerprint density at radius 3 is 2.42 bits per heavy atom. The van der Waals surface area contributed by atoms with Gasteiger partial charge in [0.2, 0.25) is 0 Å². The molecule has 0 unspecified atom stereocenters. The van der Waals surface area contributed by atoms with Gasteiger partial charge in [0.05, 0.1) is 6.54 Å². The van der Waals surface area contributed by atoms with Crippen LogP contribution in [-0.4, -0.2) is 35.5 Å². The van der Waals surface area contributed by atoms with Gasteiger partial charge in [0.1, 0.15) is 5.60 Å². The minimum Gasteiger partial charge on any atom is -0.444 e. The van der Waals surface area contributed by atoms with Crippen LogP contribution in [0.5, 0.6) is 0 Å². The van der Waals surface area contributed by atoms with Crippen LogP contribution in [0.1, 0.15) is 73.1 Å². The molecule has 0 fully saturated rings. The number of ether oxygens (including phenoxy) is 1. The molecule has 0 N–H and O–H groups in total. The molecule has 1 aliphatic rings. The second-order valence-electron chi connectivity index (χ2n) is 7.41. The van der Waals surface area contributed by atoms with Crippen molar-refractivity contribution in [2.24, 2.45) is 0 Å². The van der Waals surface area contributed by atoms with E-state index in [4.69, 9.17) is 4.74 Å². The summed E-state index contributed by atoms with van der Waals surface area (Å²) in [6, 6.07) is 0. The van der Waals surface area contributed by atoms with Gasteiger partial charge in [-0.3, -0.25) is 9.69 Å². The molecule has 0 saturated heterocycles. The quantitative estimate of drug-likeness (QED) is 0.612. The SMILES string of the molecule is CCCC/C=C/C1=C(CCCC)C(=O)CN(C(=O)OC(C)(C)C)C1. The van der Waals surface area contributed by atoms with Gasteiger partial charge in [-0.2, -0.15) is 0 Å². The van der Waals surface area contributed by atoms with Crippen LogP contribution in [0.25, 0.3) is 0 Å². The molecule has 136 valence electrons. The van der Waals surface area contributed by atoms with E-state index in [9.17, 15) is 9.59 Å². The normalized spacial score (nSPS) is 16.2. The van der Waals surface area contributed by atoms with E-state index in [1.165, 1.54) is 4.90 Å². The summed E-state index contributed by atoms with van der Waals surface area (Å²) in [6.45, 7) is 10.4. The van der Waals surface area contributed by atoms with E-state index in [0.717, 1.165) is 49.7 Å². The van der Waals surface area contributed by atoms with Crippen molar-refractivity contribution in [1.82, 2.24) is 4.90 Å². The molecule has 0 aliphatic carbocycles. The number of carbonyl (C=O) groups is 2. The van der Waals surface area contributed by atoms with Crippen molar-refractivity contribution in [3.05, 3.63) is 23.3 Å². The first kappa shape index (κ1) is 20.5. The number of hydrogen-bond acceptors (Lipinski definition) is 3. The highest BCUT2D eigenvalue weighted by molar-refractivity contribution is 6.00. The van der Waals surface area contributed by atoms with E-state index in [2.05, 4.69) is 19.9 Å². The first-order valence-corrected chi connectivity index (χ1v) is 9.18. The second-order valence-corrected chi connectivity index (χ2v) is 7.41. The Balaban J connectivity index is 2.92. The number of ketones is 1. The lowest BCUT2D eigenvalue weighted by Crippen LogP contribution is -2.44. The van der Waals surface area contributed by atoms with Crippen LogP contribution >= 0.6 is 0 Å². The summed E-state index contributed by atoms with van der Waals surface area (Å²) in [4.78, 5) is 26.4. The number of hydrogen-bond donors (Lipinski definition) is 0. The summed E-state index contributed by atoms with van der Waals surface area (Å²) >= 11 is 0. The first-order chi connectivity index (χ1) is 11.3. The van der Waals surface area contributed by atoms with Crippen LogP contribution in [0.3, 0.4) is 0 Å². The lowest BCUT2D eigenvalue weighted by molar-refractivity contribution is -0.117. The van der Waals surface area contributed by atoms with E-state index in [1.54, 1.807) is 0 Å². The summed E-state index contributed by atoms with van der Waals surface area (Å²) in [5.74, 6) is 0.0516. The number of carbonyl (C=O) groups excluding carboxylic acids is 2. The second kappa shape index (κ2) is 9.65. The summed E-state index contributed by atoms with van der Waals surface area (Å²) in [7, 11) is 0. The highest BCUT2D eigenvalue weighted by Crippen LogP contribution is 2.23. The third kappa shape index (κ3) is 6.90. The molecular formula is C20H33NO3. The molecule has 0 saturated carbocycles. The van der Waals surface area contributed by atoms with Crippen molar-refractivity contribution in [1.29, 1.82) is 0 Å². The average molecular weight is 335 g/mol. The fourth-order valence-electron chi connectivity index (χ4n) is 2.61. The number of nitrogens with zero attached hydrogens (tertiary/aromatic N) is 1. The molecular weight excluding hydrogens is 302 g/mol. The average Bonchev–Trinajstić information content (AvgIpc) is 2.48. The number of amides is 1. The Morgan fingerprint density at radius 1 is 1.17 bits per heavy atom. The van der Waals surface area contributed by atoms with Gasteiger partial charge in [-0.1, -0.05) is 45.3 Å². The zero-order valence-corrected chi connectivity index (χ0v) is 16.0. The third-order valence-electron chi connectivity index (χ3n) is 3.90. The molecule has 0 spiro atoms. The molecule has 0 aromatic rings. The molecule has 1 aliphatic heterocycles. The van der Waals surface area contributed by atoms with Crippen LogP contribution in [0.4, 0.5) is 4.79 Å². The lowest BCUT2D eigenvalue weighted by Gasteiger charge is -2.31. The number of Topliss-reactive ketones (excluding diaryl/α,β-unsaturated/α-hetero) is 1. The van der Waals surface area contributed by atoms with Crippen molar-refractivity contribution in [3.8, 4) is 0 Å². The monoisotopic (exact) mass is 335 g/mol. The highest BCUT2D eigenvalue weighted by Gasteiger charge is 2.30. The Hall–Kier alpha value is -1.58. The summed E-state index contributed by atoms with van der Waals surface area (Å²) < 4.78 is 5.42. The lowest BCUT2D eigenvalue weighted by atomic mass is 9.94. The number of unbranched alkanes of at least 4 members (excludes halogenated alkanes) is 3. The topological polar surface area (TPSA) is 46.6 Å². The number of rotatable bonds is 7. The highest BCUT2D eigenvalue weighted by atomic mass is 16.6. The smallest absolute Gasteiger partial charge is 0.411 e. The molecule has 1 heterocycles. The molecule has 24 heavy (non-hydrogen) atoms. The van der Waals surface area contributed by atoms with Crippen LogP contribution in [0.2, 0.25) is 0 Å². The van der Waals surface area contributed by atoms with Crippen LogP contribution in [0.15, 0.2) is 23.3 Å². The zero-order chi connectivity index (χ0) is 18.2. The van der Waals surface area contributed by atoms with Gasteiger partial charge >= 0.3 is 6.09 Å². The minimum absolute atomic E-state index is 0.0516. The summed E-state index contributed by atoms with van der Waals surface area (Å²) in [6.07, 6.45) is 9.88. The van der Waals surface area contributed by atoms with Crippen molar-refractivity contribution in [2.75, 3.05) is 13.1 Å². The largest absolute Gasteiger partial charge is 0.444 e. The van der Waals surface area contributed by atoms with Crippen molar-refractivity contribution >= 4 is 11.9 Å². The molecule has 4 heteroatoms. The fourth-order valence-corrected chi connectivity index (χ4v) is 2.61. The predicted molar refractivity (Wildman–Crippen MR) is 98.0 cm³/mol. The molecule has 0 bridgehead atoms. The first-order valence-electron chi connectivity index (χ1n) is 9.18. The molecule has 1 amide bonds. The fraction of sp³-hybridized carbons (Fsp3) is 0.700. The van der Waals surface area contributed by atoms with E-state index in [1.807, 2.05) is 26.8 Å². The van der Waals surface area contributed by atoms with Crippen LogP contribution in [0, 0.1) is 0 Å². The van der Waals surface area contributed by atoms with E-state index >= 15 is 0 Å². The van der Waals surface area contributed by atoms with Gasteiger partial charge in [0.25, 0.3) is 0 Å². The van der Waals surface area contributed by atoms with E-state index in [-0.39, 0.29) is 12.3 Å². The van der Waals surface area contributed by atoms with Crippen molar-refractivity contribution < 1.29 is 14.3 Å². The maximum atomic E-state index is 12.5. The maximum absolute atomic E-state index is 12.5. The Morgan fingerprint density at radius 2 is 1.83 bits per heavy atom. The summed E-state index contributed by atoms with van der Waals surface area (Å²) in [5, 5.41) is 0. The molecule has 4 nitrogen and oxygen atoms in total. The summed E-state index contributed by atoms with van der Waals surface area (Å²) in [5.41, 5.74) is 1.31. The van der Waals surface area contributed by atoms with Gasteiger partial charge in [-0.25, -0.2) is 4.79 Å². The Labute approximate surface area is 146 Å². The molecule has 0 radical (unpaired) electrons. The van der Waals surface area contributed by atoms with Gasteiger partial charge in [0, 0.05) is 12.1 Å². The van der Waals surface area contributed by atoms with Crippen molar-refractivity contribution in [3.63, 3.8) is 0 Å². The van der Waals surface area contributed by atoms with Gasteiger partial charge < -0.3 is 4.74 Å². The minimum atomic E-state index is -0.552. The standard InChI is InChI=1S/C20H33NO3/c1-6-8-10-11-12-16-14-21(19(23)24-20(3,4)5)15-18(22)17(16)13-9-7-2/h11-12H,6-10,13-15H2,1-5H3/b12-11+. The Kier molecular flexibility index (Phi) is 8.23. The maximum Gasteiger partial charge on any atom is 0.411 e. The van der Waals surface area contributed by atoms with E-state index in [0.29, 0.717) is 6.54 Å². The Bertz CT molecular complexity index is 498.